The van der Waals surface area contributed by atoms with Crippen LogP contribution in [-0.2, 0) is 5.41 Å². The second-order valence-electron chi connectivity index (χ2n) is 7.64. The van der Waals surface area contributed by atoms with E-state index in [0.29, 0.717) is 5.02 Å². The molecule has 0 unspecified atom stereocenters. The molecule has 26 heavy (non-hydrogen) atoms. The molecule has 0 aromatic heterocycles. The van der Waals surface area contributed by atoms with Crippen LogP contribution in [0.15, 0.2) is 66.7 Å². The van der Waals surface area contributed by atoms with Gasteiger partial charge in [-0.3, -0.25) is 0 Å². The quantitative estimate of drug-likeness (QED) is 0.534. The summed E-state index contributed by atoms with van der Waals surface area (Å²) in [5.74, 6) is 0.248. The smallest absolute Gasteiger partial charge is 0.117 e. The number of aromatic hydroxyl groups is 1. The van der Waals surface area contributed by atoms with E-state index in [-0.39, 0.29) is 11.2 Å². The zero-order valence-electron chi connectivity index (χ0n) is 15.6. The van der Waals surface area contributed by atoms with Gasteiger partial charge in [0.15, 0.2) is 0 Å². The van der Waals surface area contributed by atoms with Crippen LogP contribution in [0, 0.1) is 6.92 Å². The van der Waals surface area contributed by atoms with Crippen LogP contribution in [0.2, 0.25) is 5.02 Å². The minimum absolute atomic E-state index is 0.0982. The Morgan fingerprint density at radius 2 is 1.50 bits per heavy atom. The normalized spacial score (nSPS) is 11.4. The monoisotopic (exact) mass is 365 g/mol. The Morgan fingerprint density at radius 1 is 0.808 bits per heavy atom. The molecule has 0 saturated carbocycles. The number of phenolic OH excluding ortho intramolecular Hbond substituents is 1. The van der Waals surface area contributed by atoms with Crippen molar-refractivity contribution in [2.24, 2.45) is 0 Å². The highest BCUT2D eigenvalue weighted by atomic mass is 35.5. The van der Waals surface area contributed by atoms with Crippen molar-refractivity contribution in [1.29, 1.82) is 0 Å². The molecule has 0 radical (unpaired) electrons. The maximum atomic E-state index is 10.1. The molecule has 0 aliphatic carbocycles. The maximum Gasteiger partial charge on any atom is 0.117 e. The molecule has 0 amide bonds. The predicted octanol–water partition coefficient (Wildman–Crippen LogP) is 7.12. The van der Waals surface area contributed by atoms with Gasteiger partial charge in [0.05, 0.1) is 5.69 Å². The number of aryl methyl sites for hydroxylation is 1. The highest BCUT2D eigenvalue weighted by Gasteiger charge is 2.17. The molecule has 0 bridgehead atoms. The van der Waals surface area contributed by atoms with Crippen LogP contribution >= 0.6 is 11.6 Å². The number of hydrogen-bond donors (Lipinski definition) is 1. The molecule has 0 saturated heterocycles. The standard InChI is InChI=1S/C23H24ClNO/c1-16-12-21(15-22(26)13-16)25(20-7-5-6-18(24)14-20)19-10-8-17(9-11-19)23(2,3)4/h5-15,26H,1-4H3. The zero-order valence-corrected chi connectivity index (χ0v) is 16.4. The molecule has 3 aromatic carbocycles. The van der Waals surface area contributed by atoms with E-state index in [1.54, 1.807) is 12.1 Å². The summed E-state index contributed by atoms with van der Waals surface area (Å²) in [7, 11) is 0. The Balaban J connectivity index is 2.14. The third kappa shape index (κ3) is 4.03. The van der Waals surface area contributed by atoms with Crippen LogP contribution in [-0.4, -0.2) is 5.11 Å². The molecular weight excluding hydrogens is 342 g/mol. The molecule has 0 heterocycles. The van der Waals surface area contributed by atoms with Gasteiger partial charge in [0.25, 0.3) is 0 Å². The highest BCUT2D eigenvalue weighted by Crippen LogP contribution is 2.38. The van der Waals surface area contributed by atoms with Crippen LogP contribution in [0.4, 0.5) is 17.1 Å². The summed E-state index contributed by atoms with van der Waals surface area (Å²) in [6.45, 7) is 8.59. The van der Waals surface area contributed by atoms with Crippen molar-refractivity contribution >= 4 is 28.7 Å². The van der Waals surface area contributed by atoms with Gasteiger partial charge in [-0.05, 0) is 65.9 Å². The van der Waals surface area contributed by atoms with Crippen LogP contribution in [0.25, 0.3) is 0 Å². The second-order valence-corrected chi connectivity index (χ2v) is 8.08. The molecule has 0 aliphatic heterocycles. The van der Waals surface area contributed by atoms with Crippen molar-refractivity contribution in [3.05, 3.63) is 82.9 Å². The van der Waals surface area contributed by atoms with Crippen molar-refractivity contribution in [2.75, 3.05) is 4.90 Å². The van der Waals surface area contributed by atoms with Crippen molar-refractivity contribution in [1.82, 2.24) is 0 Å². The van der Waals surface area contributed by atoms with Crippen molar-refractivity contribution < 1.29 is 5.11 Å². The van der Waals surface area contributed by atoms with Gasteiger partial charge in [-0.25, -0.2) is 0 Å². The lowest BCUT2D eigenvalue weighted by atomic mass is 9.87. The summed E-state index contributed by atoms with van der Waals surface area (Å²) in [4.78, 5) is 2.10. The lowest BCUT2D eigenvalue weighted by molar-refractivity contribution is 0.475. The lowest BCUT2D eigenvalue weighted by Gasteiger charge is -2.27. The molecule has 0 spiro atoms. The Bertz CT molecular complexity index is 890. The van der Waals surface area contributed by atoms with Crippen LogP contribution in [0.5, 0.6) is 5.75 Å². The van der Waals surface area contributed by atoms with Gasteiger partial charge >= 0.3 is 0 Å². The third-order valence-electron chi connectivity index (χ3n) is 4.36. The van der Waals surface area contributed by atoms with Gasteiger partial charge in [0.1, 0.15) is 5.75 Å². The largest absolute Gasteiger partial charge is 0.508 e. The van der Waals surface area contributed by atoms with Gasteiger partial charge < -0.3 is 10.0 Å². The molecule has 3 heteroatoms. The summed E-state index contributed by atoms with van der Waals surface area (Å²) in [6, 6.07) is 21.9. The fraction of sp³-hybridized carbons (Fsp3) is 0.217. The zero-order chi connectivity index (χ0) is 18.9. The van der Waals surface area contributed by atoms with Gasteiger partial charge in [-0.15, -0.1) is 0 Å². The highest BCUT2D eigenvalue weighted by molar-refractivity contribution is 6.30. The molecule has 0 fully saturated rings. The van der Waals surface area contributed by atoms with E-state index >= 15 is 0 Å². The number of phenols is 1. The maximum absolute atomic E-state index is 10.1. The molecule has 0 aliphatic rings. The lowest BCUT2D eigenvalue weighted by Crippen LogP contribution is -2.13. The first-order valence-electron chi connectivity index (χ1n) is 8.71. The van der Waals surface area contributed by atoms with Crippen molar-refractivity contribution in [3.8, 4) is 5.75 Å². The second kappa shape index (κ2) is 7.05. The first-order valence-corrected chi connectivity index (χ1v) is 9.09. The molecule has 2 nitrogen and oxygen atoms in total. The first-order chi connectivity index (χ1) is 12.2. The van der Waals surface area contributed by atoms with E-state index in [2.05, 4.69) is 56.0 Å². The van der Waals surface area contributed by atoms with Crippen LogP contribution in [0.3, 0.4) is 0 Å². The Labute approximate surface area is 160 Å². The van der Waals surface area contributed by atoms with Crippen molar-refractivity contribution in [2.45, 2.75) is 33.1 Å². The molecule has 134 valence electrons. The topological polar surface area (TPSA) is 23.5 Å². The fourth-order valence-corrected chi connectivity index (χ4v) is 3.23. The minimum Gasteiger partial charge on any atom is -0.508 e. The van der Waals surface area contributed by atoms with E-state index in [9.17, 15) is 5.11 Å². The SMILES string of the molecule is Cc1cc(O)cc(N(c2ccc(C(C)(C)C)cc2)c2cccc(Cl)c2)c1. The Hall–Kier alpha value is -2.45. The number of benzene rings is 3. The number of halogens is 1. The fourth-order valence-electron chi connectivity index (χ4n) is 3.05. The van der Waals surface area contributed by atoms with Gasteiger partial charge in [-0.1, -0.05) is 50.6 Å². The molecule has 3 rings (SSSR count). The van der Waals surface area contributed by atoms with E-state index < -0.39 is 0 Å². The van der Waals surface area contributed by atoms with Crippen LogP contribution in [0.1, 0.15) is 31.9 Å². The Morgan fingerprint density at radius 3 is 2.08 bits per heavy atom. The predicted molar refractivity (Wildman–Crippen MR) is 111 cm³/mol. The Kier molecular flexibility index (Phi) is 4.97. The van der Waals surface area contributed by atoms with E-state index in [1.165, 1.54) is 5.56 Å². The van der Waals surface area contributed by atoms with E-state index in [1.807, 2.05) is 31.2 Å². The summed E-state index contributed by atoms with van der Waals surface area (Å²) >= 11 is 6.24. The average molecular weight is 366 g/mol. The molecule has 1 N–H and O–H groups in total. The number of rotatable bonds is 3. The summed E-state index contributed by atoms with van der Waals surface area (Å²) in [5, 5.41) is 10.8. The number of anilines is 3. The van der Waals surface area contributed by atoms with Gasteiger partial charge in [0.2, 0.25) is 0 Å². The van der Waals surface area contributed by atoms with Crippen LogP contribution < -0.4 is 4.90 Å². The third-order valence-corrected chi connectivity index (χ3v) is 4.60. The average Bonchev–Trinajstić information content (AvgIpc) is 2.54. The first kappa shape index (κ1) is 18.3. The van der Waals surface area contributed by atoms with E-state index in [4.69, 9.17) is 11.6 Å². The summed E-state index contributed by atoms with van der Waals surface area (Å²) in [5.41, 5.74) is 5.24. The van der Waals surface area contributed by atoms with Gasteiger partial charge in [0, 0.05) is 22.5 Å². The van der Waals surface area contributed by atoms with Crippen molar-refractivity contribution in [3.63, 3.8) is 0 Å². The minimum atomic E-state index is 0.0982. The molecule has 0 atom stereocenters. The number of hydrogen-bond acceptors (Lipinski definition) is 2. The van der Waals surface area contributed by atoms with Gasteiger partial charge in [-0.2, -0.15) is 0 Å². The summed E-state index contributed by atoms with van der Waals surface area (Å²) < 4.78 is 0. The number of nitrogens with zero attached hydrogens (tertiary/aromatic N) is 1. The van der Waals surface area contributed by atoms with E-state index in [0.717, 1.165) is 22.6 Å². The molecular formula is C23H24ClNO. The molecule has 3 aromatic rings. The summed E-state index contributed by atoms with van der Waals surface area (Å²) in [6.07, 6.45) is 0.